The topological polar surface area (TPSA) is 73.6 Å². The van der Waals surface area contributed by atoms with Crippen molar-refractivity contribution < 1.29 is 14.3 Å². The van der Waals surface area contributed by atoms with Crippen LogP contribution in [0.4, 0.5) is 10.5 Å². The average molecular weight is 272 g/mol. The van der Waals surface area contributed by atoms with E-state index in [4.69, 9.17) is 15.2 Å². The van der Waals surface area contributed by atoms with Gasteiger partial charge < -0.3 is 20.5 Å². The number of para-hydroxylation sites is 1. The third-order valence-corrected chi connectivity index (χ3v) is 2.45. The Balaban J connectivity index is 1.67. The van der Waals surface area contributed by atoms with Gasteiger partial charge in [-0.15, -0.1) is 0 Å². The highest BCUT2D eigenvalue weighted by Crippen LogP contribution is 2.13. The van der Waals surface area contributed by atoms with E-state index in [9.17, 15) is 4.79 Å². The first-order valence-corrected chi connectivity index (χ1v) is 6.23. The Hall–Kier alpha value is -2.69. The van der Waals surface area contributed by atoms with Crippen molar-refractivity contribution in [3.8, 4) is 11.5 Å². The summed E-state index contributed by atoms with van der Waals surface area (Å²) in [5.74, 6) is 1.17. The van der Waals surface area contributed by atoms with Crippen molar-refractivity contribution in [2.24, 2.45) is 0 Å². The lowest BCUT2D eigenvalue weighted by Crippen LogP contribution is -2.30. The molecule has 0 spiro atoms. The molecule has 0 bridgehead atoms. The summed E-state index contributed by atoms with van der Waals surface area (Å²) in [6, 6.07) is 16.0. The Labute approximate surface area is 117 Å². The van der Waals surface area contributed by atoms with Crippen molar-refractivity contribution in [2.75, 3.05) is 18.9 Å². The summed E-state index contributed by atoms with van der Waals surface area (Å²) in [7, 11) is 0. The number of nitrogens with two attached hydrogens (primary N) is 1. The summed E-state index contributed by atoms with van der Waals surface area (Å²) in [5.41, 5.74) is 6.27. The first kappa shape index (κ1) is 13.7. The molecular weight excluding hydrogens is 256 g/mol. The number of rotatable bonds is 5. The molecule has 0 aliphatic heterocycles. The molecule has 3 N–H and O–H groups in total. The van der Waals surface area contributed by atoms with Crippen molar-refractivity contribution in [2.45, 2.75) is 0 Å². The molecule has 104 valence electrons. The summed E-state index contributed by atoms with van der Waals surface area (Å²) in [6.07, 6.45) is -0.507. The molecule has 0 heterocycles. The van der Waals surface area contributed by atoms with Crippen LogP contribution in [0.2, 0.25) is 0 Å². The molecule has 0 fully saturated rings. The fraction of sp³-hybridized carbons (Fsp3) is 0.133. The van der Waals surface area contributed by atoms with Crippen LogP contribution in [0.3, 0.4) is 0 Å². The first-order chi connectivity index (χ1) is 9.74. The standard InChI is InChI=1S/C15H16N2O3/c16-12-5-4-8-14(11-12)19-10-9-17-15(18)20-13-6-2-1-3-7-13/h1-8,11H,9-10,16H2,(H,17,18). The molecule has 0 saturated carbocycles. The van der Waals surface area contributed by atoms with E-state index in [1.165, 1.54) is 0 Å². The van der Waals surface area contributed by atoms with Crippen LogP contribution >= 0.6 is 0 Å². The van der Waals surface area contributed by atoms with Gasteiger partial charge in [0.1, 0.15) is 18.1 Å². The maximum absolute atomic E-state index is 11.5. The molecule has 0 aliphatic rings. The number of nitrogen functional groups attached to an aromatic ring is 1. The number of carbonyl (C=O) groups is 1. The Kier molecular flexibility index (Phi) is 4.83. The van der Waals surface area contributed by atoms with E-state index in [0.29, 0.717) is 30.3 Å². The predicted molar refractivity (Wildman–Crippen MR) is 76.8 cm³/mol. The number of carbonyl (C=O) groups excluding carboxylic acids is 1. The van der Waals surface area contributed by atoms with E-state index >= 15 is 0 Å². The fourth-order valence-corrected chi connectivity index (χ4v) is 1.56. The minimum atomic E-state index is -0.507. The lowest BCUT2D eigenvalue weighted by molar-refractivity contribution is 0.197. The number of nitrogens with one attached hydrogen (secondary N) is 1. The Morgan fingerprint density at radius 2 is 1.80 bits per heavy atom. The summed E-state index contributed by atoms with van der Waals surface area (Å²) >= 11 is 0. The van der Waals surface area contributed by atoms with Crippen LogP contribution in [0.25, 0.3) is 0 Å². The van der Waals surface area contributed by atoms with Gasteiger partial charge in [-0.2, -0.15) is 0 Å². The number of amides is 1. The zero-order chi connectivity index (χ0) is 14.2. The van der Waals surface area contributed by atoms with Crippen LogP contribution in [-0.4, -0.2) is 19.2 Å². The van der Waals surface area contributed by atoms with Gasteiger partial charge in [0, 0.05) is 11.8 Å². The van der Waals surface area contributed by atoms with Gasteiger partial charge in [-0.3, -0.25) is 0 Å². The molecule has 0 atom stereocenters. The van der Waals surface area contributed by atoms with E-state index in [0.717, 1.165) is 0 Å². The number of benzene rings is 2. The SMILES string of the molecule is Nc1cccc(OCCNC(=O)Oc2ccccc2)c1. The van der Waals surface area contributed by atoms with Gasteiger partial charge in [-0.25, -0.2) is 4.79 Å². The molecule has 0 saturated heterocycles. The fourth-order valence-electron chi connectivity index (χ4n) is 1.56. The van der Waals surface area contributed by atoms with Crippen molar-refractivity contribution in [3.63, 3.8) is 0 Å². The molecule has 5 heteroatoms. The van der Waals surface area contributed by atoms with Gasteiger partial charge in [0.25, 0.3) is 0 Å². The van der Waals surface area contributed by atoms with Crippen LogP contribution in [0.5, 0.6) is 11.5 Å². The quantitative estimate of drug-likeness (QED) is 0.647. The number of hydrogen-bond donors (Lipinski definition) is 2. The zero-order valence-corrected chi connectivity index (χ0v) is 10.9. The third-order valence-electron chi connectivity index (χ3n) is 2.45. The molecule has 2 aromatic carbocycles. The number of ether oxygens (including phenoxy) is 2. The maximum Gasteiger partial charge on any atom is 0.412 e. The van der Waals surface area contributed by atoms with E-state index in [-0.39, 0.29) is 0 Å². The van der Waals surface area contributed by atoms with Gasteiger partial charge in [-0.05, 0) is 24.3 Å². The van der Waals surface area contributed by atoms with Crippen LogP contribution in [-0.2, 0) is 0 Å². The number of hydrogen-bond acceptors (Lipinski definition) is 4. The van der Waals surface area contributed by atoms with Gasteiger partial charge >= 0.3 is 6.09 Å². The number of anilines is 1. The first-order valence-electron chi connectivity index (χ1n) is 6.23. The highest BCUT2D eigenvalue weighted by atomic mass is 16.6. The molecule has 2 aromatic rings. The minimum absolute atomic E-state index is 0.341. The molecule has 0 aliphatic carbocycles. The average Bonchev–Trinajstić information content (AvgIpc) is 2.45. The molecule has 20 heavy (non-hydrogen) atoms. The lowest BCUT2D eigenvalue weighted by Gasteiger charge is -2.08. The van der Waals surface area contributed by atoms with Crippen molar-refractivity contribution in [1.82, 2.24) is 5.32 Å². The van der Waals surface area contributed by atoms with Crippen LogP contribution in [0.1, 0.15) is 0 Å². The monoisotopic (exact) mass is 272 g/mol. The molecular formula is C15H16N2O3. The Morgan fingerprint density at radius 1 is 1.05 bits per heavy atom. The largest absolute Gasteiger partial charge is 0.492 e. The molecule has 0 radical (unpaired) electrons. The summed E-state index contributed by atoms with van der Waals surface area (Å²) in [6.45, 7) is 0.688. The normalized spacial score (nSPS) is 9.80. The second-order valence-corrected chi connectivity index (χ2v) is 4.05. The molecule has 1 amide bonds. The Bertz CT molecular complexity index is 558. The van der Waals surface area contributed by atoms with Crippen molar-refractivity contribution >= 4 is 11.8 Å². The second-order valence-electron chi connectivity index (χ2n) is 4.05. The minimum Gasteiger partial charge on any atom is -0.492 e. The van der Waals surface area contributed by atoms with E-state index < -0.39 is 6.09 Å². The highest BCUT2D eigenvalue weighted by Gasteiger charge is 2.02. The van der Waals surface area contributed by atoms with Gasteiger partial charge in [-0.1, -0.05) is 24.3 Å². The Morgan fingerprint density at radius 3 is 2.55 bits per heavy atom. The van der Waals surface area contributed by atoms with Crippen molar-refractivity contribution in [1.29, 1.82) is 0 Å². The third kappa shape index (κ3) is 4.53. The maximum atomic E-state index is 11.5. The van der Waals surface area contributed by atoms with Gasteiger partial charge in [0.15, 0.2) is 0 Å². The lowest BCUT2D eigenvalue weighted by atomic mass is 10.3. The smallest absolute Gasteiger partial charge is 0.412 e. The van der Waals surface area contributed by atoms with Gasteiger partial charge in [0.2, 0.25) is 0 Å². The summed E-state index contributed by atoms with van der Waals surface area (Å²) < 4.78 is 10.5. The molecule has 5 nitrogen and oxygen atoms in total. The summed E-state index contributed by atoms with van der Waals surface area (Å²) in [4.78, 5) is 11.5. The zero-order valence-electron chi connectivity index (χ0n) is 10.9. The predicted octanol–water partition coefficient (Wildman–Crippen LogP) is 2.44. The van der Waals surface area contributed by atoms with Gasteiger partial charge in [0.05, 0.1) is 6.54 Å². The molecule has 0 unspecified atom stereocenters. The van der Waals surface area contributed by atoms with Crippen LogP contribution < -0.4 is 20.5 Å². The molecule has 0 aromatic heterocycles. The summed E-state index contributed by atoms with van der Waals surface area (Å²) in [5, 5.41) is 2.60. The highest BCUT2D eigenvalue weighted by molar-refractivity contribution is 5.70. The van der Waals surface area contributed by atoms with Crippen LogP contribution in [0.15, 0.2) is 54.6 Å². The van der Waals surface area contributed by atoms with E-state index in [2.05, 4.69) is 5.32 Å². The van der Waals surface area contributed by atoms with E-state index in [1.54, 1.807) is 42.5 Å². The van der Waals surface area contributed by atoms with Crippen LogP contribution in [0, 0.1) is 0 Å². The van der Waals surface area contributed by atoms with Crippen molar-refractivity contribution in [3.05, 3.63) is 54.6 Å². The van der Waals surface area contributed by atoms with E-state index in [1.807, 2.05) is 12.1 Å². The molecule has 2 rings (SSSR count). The second kappa shape index (κ2) is 7.04.